The topological polar surface area (TPSA) is 26.0 Å². The van der Waals surface area contributed by atoms with Crippen molar-refractivity contribution in [1.29, 1.82) is 0 Å². The van der Waals surface area contributed by atoms with Crippen LogP contribution < -0.4 is 5.73 Å². The molecule has 4 saturated carbocycles. The molecule has 0 radical (unpaired) electrons. The number of hydrogen-bond acceptors (Lipinski definition) is 1. The quantitative estimate of drug-likeness (QED) is 0.665. The molecule has 4 aliphatic rings. The lowest BCUT2D eigenvalue weighted by Crippen LogP contribution is -2.62. The highest BCUT2D eigenvalue weighted by Crippen LogP contribution is 2.73. The fourth-order valence-electron chi connectivity index (χ4n) is 8.59. The van der Waals surface area contributed by atoms with E-state index >= 15 is 0 Å². The van der Waals surface area contributed by atoms with Gasteiger partial charge in [-0.15, -0.1) is 0 Å². The van der Waals surface area contributed by atoms with Gasteiger partial charge in [-0.25, -0.2) is 4.39 Å². The molecule has 2 N–H and O–H groups in total. The van der Waals surface area contributed by atoms with Crippen LogP contribution in [0.3, 0.4) is 0 Å². The summed E-state index contributed by atoms with van der Waals surface area (Å²) in [5.74, 6) is 3.75. The van der Waals surface area contributed by atoms with Crippen molar-refractivity contribution in [2.45, 2.75) is 85.2 Å². The Kier molecular flexibility index (Phi) is 3.93. The lowest BCUT2D eigenvalue weighted by atomic mass is 9.36. The standard InChI is InChI=1S/C22H38FN/c1-14-11-16-12-17(23)7-8-21(16,3)22(4)10-9-20(2)15(13-24)5-6-18(20)19(14)22/h14-19H,5-13,24H2,1-4H3. The zero-order valence-corrected chi connectivity index (χ0v) is 16.3. The summed E-state index contributed by atoms with van der Waals surface area (Å²) in [6, 6.07) is 0. The van der Waals surface area contributed by atoms with Crippen LogP contribution >= 0.6 is 0 Å². The van der Waals surface area contributed by atoms with Crippen molar-refractivity contribution in [3.8, 4) is 0 Å². The summed E-state index contributed by atoms with van der Waals surface area (Å²) in [4.78, 5) is 0. The van der Waals surface area contributed by atoms with Gasteiger partial charge in [-0.3, -0.25) is 0 Å². The Morgan fingerprint density at radius 3 is 2.42 bits per heavy atom. The summed E-state index contributed by atoms with van der Waals surface area (Å²) in [6.07, 6.45) is 8.87. The van der Waals surface area contributed by atoms with E-state index in [1.165, 1.54) is 32.1 Å². The molecule has 0 saturated heterocycles. The first-order valence-corrected chi connectivity index (χ1v) is 10.6. The summed E-state index contributed by atoms with van der Waals surface area (Å²) >= 11 is 0. The van der Waals surface area contributed by atoms with Gasteiger partial charge in [0.1, 0.15) is 6.17 Å². The monoisotopic (exact) mass is 335 g/mol. The number of halogens is 1. The Hall–Kier alpha value is -0.110. The predicted molar refractivity (Wildman–Crippen MR) is 98.3 cm³/mol. The molecule has 0 aromatic carbocycles. The molecule has 24 heavy (non-hydrogen) atoms. The third-order valence-electron chi connectivity index (χ3n) is 10.2. The van der Waals surface area contributed by atoms with Gasteiger partial charge in [-0.05, 0) is 104 Å². The lowest BCUT2D eigenvalue weighted by molar-refractivity contribution is -0.199. The Balaban J connectivity index is 1.72. The molecule has 0 bridgehead atoms. The van der Waals surface area contributed by atoms with Gasteiger partial charge >= 0.3 is 0 Å². The van der Waals surface area contributed by atoms with Crippen LogP contribution in [0.25, 0.3) is 0 Å². The van der Waals surface area contributed by atoms with Crippen molar-refractivity contribution in [3.05, 3.63) is 0 Å². The maximum Gasteiger partial charge on any atom is 0.100 e. The molecule has 0 heterocycles. The second-order valence-electron chi connectivity index (χ2n) is 10.8. The summed E-state index contributed by atoms with van der Waals surface area (Å²) in [6.45, 7) is 11.1. The Morgan fingerprint density at radius 1 is 0.958 bits per heavy atom. The average molecular weight is 336 g/mol. The first-order chi connectivity index (χ1) is 11.3. The van der Waals surface area contributed by atoms with Gasteiger partial charge < -0.3 is 5.73 Å². The van der Waals surface area contributed by atoms with Crippen molar-refractivity contribution in [2.24, 2.45) is 51.6 Å². The minimum atomic E-state index is -0.544. The molecule has 0 aromatic rings. The molecule has 138 valence electrons. The van der Waals surface area contributed by atoms with Gasteiger partial charge in [-0.2, -0.15) is 0 Å². The average Bonchev–Trinajstić information content (AvgIpc) is 2.86. The zero-order valence-electron chi connectivity index (χ0n) is 16.3. The molecule has 9 atom stereocenters. The Bertz CT molecular complexity index is 506. The largest absolute Gasteiger partial charge is 0.330 e. The van der Waals surface area contributed by atoms with Gasteiger partial charge in [0.05, 0.1) is 0 Å². The number of hydrogen-bond donors (Lipinski definition) is 1. The fraction of sp³-hybridized carbons (Fsp3) is 1.00. The molecular weight excluding hydrogens is 297 g/mol. The predicted octanol–water partition coefficient (Wildman–Crippen LogP) is 5.58. The SMILES string of the molecule is CC1CC2CC(F)CCC2(C)C2(C)CCC3(C)C(CN)CCC3C12. The van der Waals surface area contributed by atoms with E-state index in [1.54, 1.807) is 0 Å². The van der Waals surface area contributed by atoms with E-state index in [2.05, 4.69) is 27.7 Å². The maximum atomic E-state index is 14.2. The van der Waals surface area contributed by atoms with Crippen LogP contribution in [0.5, 0.6) is 0 Å². The minimum absolute atomic E-state index is 0.356. The van der Waals surface area contributed by atoms with E-state index in [0.717, 1.165) is 49.5 Å². The van der Waals surface area contributed by atoms with Crippen LogP contribution in [0.4, 0.5) is 4.39 Å². The van der Waals surface area contributed by atoms with E-state index in [0.29, 0.717) is 22.2 Å². The number of alkyl halides is 1. The summed E-state index contributed by atoms with van der Waals surface area (Å²) in [5, 5.41) is 0. The van der Waals surface area contributed by atoms with E-state index in [9.17, 15) is 4.39 Å². The molecule has 4 fully saturated rings. The third kappa shape index (κ3) is 2.01. The van der Waals surface area contributed by atoms with Gasteiger partial charge in [0.2, 0.25) is 0 Å². The third-order valence-corrected chi connectivity index (χ3v) is 10.2. The van der Waals surface area contributed by atoms with E-state index in [4.69, 9.17) is 5.73 Å². The number of rotatable bonds is 1. The molecule has 0 amide bonds. The first-order valence-electron chi connectivity index (χ1n) is 10.6. The highest BCUT2D eigenvalue weighted by atomic mass is 19.1. The van der Waals surface area contributed by atoms with E-state index in [-0.39, 0.29) is 0 Å². The lowest BCUT2D eigenvalue weighted by Gasteiger charge is -2.68. The molecule has 9 unspecified atom stereocenters. The highest BCUT2D eigenvalue weighted by molar-refractivity contribution is 5.15. The van der Waals surface area contributed by atoms with Crippen LogP contribution in [0.2, 0.25) is 0 Å². The van der Waals surface area contributed by atoms with Crippen molar-refractivity contribution in [1.82, 2.24) is 0 Å². The Labute approximate surface area is 148 Å². The molecule has 4 rings (SSSR count). The number of fused-ring (bicyclic) bond motifs is 5. The van der Waals surface area contributed by atoms with Crippen molar-refractivity contribution < 1.29 is 4.39 Å². The summed E-state index contributed by atoms with van der Waals surface area (Å²) in [7, 11) is 0. The normalized spacial score (nSPS) is 60.2. The van der Waals surface area contributed by atoms with Crippen LogP contribution in [-0.2, 0) is 0 Å². The summed E-state index contributed by atoms with van der Waals surface area (Å²) in [5.41, 5.74) is 7.40. The second-order valence-corrected chi connectivity index (χ2v) is 10.8. The molecule has 0 aliphatic heterocycles. The van der Waals surface area contributed by atoms with Crippen LogP contribution in [0.1, 0.15) is 79.1 Å². The van der Waals surface area contributed by atoms with Crippen molar-refractivity contribution >= 4 is 0 Å². The van der Waals surface area contributed by atoms with Crippen LogP contribution in [0.15, 0.2) is 0 Å². The Morgan fingerprint density at radius 2 is 1.71 bits per heavy atom. The van der Waals surface area contributed by atoms with Crippen molar-refractivity contribution in [2.75, 3.05) is 6.54 Å². The maximum absolute atomic E-state index is 14.2. The molecule has 4 aliphatic carbocycles. The fourth-order valence-corrected chi connectivity index (χ4v) is 8.59. The van der Waals surface area contributed by atoms with Crippen LogP contribution in [0, 0.1) is 45.8 Å². The second kappa shape index (κ2) is 5.44. The first kappa shape index (κ1) is 17.3. The molecule has 0 aromatic heterocycles. The number of nitrogens with two attached hydrogens (primary N) is 1. The zero-order chi connectivity index (χ0) is 17.3. The van der Waals surface area contributed by atoms with Gasteiger partial charge in [0.15, 0.2) is 0 Å². The smallest absolute Gasteiger partial charge is 0.100 e. The van der Waals surface area contributed by atoms with Crippen molar-refractivity contribution in [3.63, 3.8) is 0 Å². The van der Waals surface area contributed by atoms with Gasteiger partial charge in [-0.1, -0.05) is 27.7 Å². The summed E-state index contributed by atoms with van der Waals surface area (Å²) < 4.78 is 14.2. The minimum Gasteiger partial charge on any atom is -0.330 e. The van der Waals surface area contributed by atoms with Gasteiger partial charge in [0, 0.05) is 0 Å². The van der Waals surface area contributed by atoms with E-state index in [1.807, 2.05) is 0 Å². The van der Waals surface area contributed by atoms with E-state index < -0.39 is 6.17 Å². The molecule has 1 nitrogen and oxygen atoms in total. The molecule has 2 heteroatoms. The molecule has 0 spiro atoms. The van der Waals surface area contributed by atoms with Crippen LogP contribution in [-0.4, -0.2) is 12.7 Å². The van der Waals surface area contributed by atoms with Gasteiger partial charge in [0.25, 0.3) is 0 Å². The molecular formula is C22H38FN. The highest BCUT2D eigenvalue weighted by Gasteiger charge is 2.66.